The van der Waals surface area contributed by atoms with Gasteiger partial charge in [0.15, 0.2) is 11.5 Å². The standard InChI is InChI=1S/C17H20O5/c1-5-6-7-8-12-15(17(18)22-12)11-9-13(19-2)16(21-4)14(10-11)20-3/h1,9-10,12,15H,6-8H2,2-4H3. The van der Waals surface area contributed by atoms with E-state index in [1.165, 1.54) is 0 Å². The van der Waals surface area contributed by atoms with Gasteiger partial charge in [-0.2, -0.15) is 0 Å². The predicted octanol–water partition coefficient (Wildman–Crippen LogP) is 2.52. The van der Waals surface area contributed by atoms with Crippen molar-refractivity contribution in [2.45, 2.75) is 31.3 Å². The number of hydrogen-bond acceptors (Lipinski definition) is 5. The van der Waals surface area contributed by atoms with Gasteiger partial charge < -0.3 is 18.9 Å². The third-order valence-corrected chi connectivity index (χ3v) is 3.75. The number of carbonyl (C=O) groups is 1. The number of esters is 1. The lowest BCUT2D eigenvalue weighted by Gasteiger charge is -2.35. The van der Waals surface area contributed by atoms with Gasteiger partial charge in [0.1, 0.15) is 12.0 Å². The molecule has 0 aliphatic carbocycles. The number of rotatable bonds is 7. The summed E-state index contributed by atoms with van der Waals surface area (Å²) in [5.74, 6) is 3.60. The summed E-state index contributed by atoms with van der Waals surface area (Å²) in [5, 5.41) is 0. The van der Waals surface area contributed by atoms with Gasteiger partial charge >= 0.3 is 5.97 Å². The number of methoxy groups -OCH3 is 3. The summed E-state index contributed by atoms with van der Waals surface area (Å²) < 4.78 is 21.2. The van der Waals surface area contributed by atoms with Crippen LogP contribution in [0, 0.1) is 12.3 Å². The van der Waals surface area contributed by atoms with Gasteiger partial charge in [-0.05, 0) is 30.5 Å². The maximum Gasteiger partial charge on any atom is 0.317 e. The van der Waals surface area contributed by atoms with Crippen LogP contribution in [0.5, 0.6) is 17.2 Å². The van der Waals surface area contributed by atoms with Crippen molar-refractivity contribution in [3.63, 3.8) is 0 Å². The smallest absolute Gasteiger partial charge is 0.317 e. The van der Waals surface area contributed by atoms with E-state index in [1.807, 2.05) is 0 Å². The molecular weight excluding hydrogens is 284 g/mol. The van der Waals surface area contributed by atoms with Gasteiger partial charge in [0.2, 0.25) is 5.75 Å². The molecule has 22 heavy (non-hydrogen) atoms. The van der Waals surface area contributed by atoms with E-state index in [0.29, 0.717) is 23.7 Å². The Morgan fingerprint density at radius 2 is 1.82 bits per heavy atom. The second-order valence-corrected chi connectivity index (χ2v) is 5.01. The van der Waals surface area contributed by atoms with Crippen molar-refractivity contribution in [3.8, 4) is 29.6 Å². The van der Waals surface area contributed by atoms with Gasteiger partial charge in [-0.25, -0.2) is 0 Å². The lowest BCUT2D eigenvalue weighted by Crippen LogP contribution is -2.42. The SMILES string of the molecule is C#CCCCC1OC(=O)C1c1cc(OC)c(OC)c(OC)c1. The highest BCUT2D eigenvalue weighted by molar-refractivity contribution is 5.85. The van der Waals surface area contributed by atoms with Crippen LogP contribution in [-0.4, -0.2) is 33.4 Å². The number of carbonyl (C=O) groups excluding carboxylic acids is 1. The zero-order valence-corrected chi connectivity index (χ0v) is 13.0. The summed E-state index contributed by atoms with van der Waals surface area (Å²) in [6.07, 6.45) is 7.35. The maximum absolute atomic E-state index is 11.9. The third-order valence-electron chi connectivity index (χ3n) is 3.75. The van der Waals surface area contributed by atoms with Crippen LogP contribution in [0.15, 0.2) is 12.1 Å². The molecule has 0 radical (unpaired) electrons. The zero-order chi connectivity index (χ0) is 16.1. The molecule has 118 valence electrons. The largest absolute Gasteiger partial charge is 0.493 e. The molecule has 5 heteroatoms. The molecular formula is C17H20O5. The second kappa shape index (κ2) is 7.08. The quantitative estimate of drug-likeness (QED) is 0.440. The number of ether oxygens (including phenoxy) is 4. The highest BCUT2D eigenvalue weighted by Gasteiger charge is 2.43. The molecule has 1 fully saturated rings. The molecule has 0 saturated carbocycles. The van der Waals surface area contributed by atoms with Gasteiger partial charge in [0, 0.05) is 6.42 Å². The molecule has 1 aliphatic rings. The van der Waals surface area contributed by atoms with Crippen LogP contribution in [0.25, 0.3) is 0 Å². The number of unbranched alkanes of at least 4 members (excludes halogenated alkanes) is 1. The third kappa shape index (κ3) is 2.96. The van der Waals surface area contributed by atoms with Crippen molar-refractivity contribution >= 4 is 5.97 Å². The predicted molar refractivity (Wildman–Crippen MR) is 81.4 cm³/mol. The number of terminal acetylenes is 1. The van der Waals surface area contributed by atoms with Crippen molar-refractivity contribution in [2.24, 2.45) is 0 Å². The molecule has 2 atom stereocenters. The first-order valence-electron chi connectivity index (χ1n) is 7.10. The molecule has 0 spiro atoms. The van der Waals surface area contributed by atoms with Gasteiger partial charge in [-0.1, -0.05) is 0 Å². The summed E-state index contributed by atoms with van der Waals surface area (Å²) in [5.41, 5.74) is 0.802. The normalized spacial score (nSPS) is 19.6. The molecule has 1 aliphatic heterocycles. The minimum Gasteiger partial charge on any atom is -0.493 e. The molecule has 0 aromatic heterocycles. The van der Waals surface area contributed by atoms with E-state index in [1.54, 1.807) is 33.5 Å². The summed E-state index contributed by atoms with van der Waals surface area (Å²) in [6.45, 7) is 0. The van der Waals surface area contributed by atoms with Gasteiger partial charge in [0.25, 0.3) is 0 Å². The lowest BCUT2D eigenvalue weighted by molar-refractivity contribution is -0.175. The van der Waals surface area contributed by atoms with Crippen LogP contribution in [0.4, 0.5) is 0 Å². The number of benzene rings is 1. The van der Waals surface area contributed by atoms with E-state index in [2.05, 4.69) is 5.92 Å². The van der Waals surface area contributed by atoms with Gasteiger partial charge in [-0.3, -0.25) is 4.79 Å². The molecule has 0 amide bonds. The van der Waals surface area contributed by atoms with E-state index in [4.69, 9.17) is 25.4 Å². The zero-order valence-electron chi connectivity index (χ0n) is 13.0. The molecule has 0 bridgehead atoms. The lowest BCUT2D eigenvalue weighted by atomic mass is 9.86. The topological polar surface area (TPSA) is 54.0 Å². The summed E-state index contributed by atoms with van der Waals surface area (Å²) in [6, 6.07) is 3.58. The fourth-order valence-electron chi connectivity index (χ4n) is 2.63. The molecule has 1 aromatic carbocycles. The minimum absolute atomic E-state index is 0.149. The molecule has 0 N–H and O–H groups in total. The Morgan fingerprint density at radius 1 is 1.18 bits per heavy atom. The molecule has 5 nitrogen and oxygen atoms in total. The summed E-state index contributed by atoms with van der Waals surface area (Å²) in [4.78, 5) is 11.9. The van der Waals surface area contributed by atoms with Crippen LogP contribution in [-0.2, 0) is 9.53 Å². The Bertz CT molecular complexity index is 562. The van der Waals surface area contributed by atoms with Crippen molar-refractivity contribution in [1.29, 1.82) is 0 Å². The summed E-state index contributed by atoms with van der Waals surface area (Å²) >= 11 is 0. The van der Waals surface area contributed by atoms with E-state index in [0.717, 1.165) is 18.4 Å². The van der Waals surface area contributed by atoms with Crippen LogP contribution in [0.3, 0.4) is 0 Å². The van der Waals surface area contributed by atoms with Crippen LogP contribution < -0.4 is 14.2 Å². The van der Waals surface area contributed by atoms with Crippen LogP contribution >= 0.6 is 0 Å². The molecule has 1 aromatic rings. The van der Waals surface area contributed by atoms with Crippen LogP contribution in [0.2, 0.25) is 0 Å². The fourth-order valence-corrected chi connectivity index (χ4v) is 2.63. The fraction of sp³-hybridized carbons (Fsp3) is 0.471. The van der Waals surface area contributed by atoms with E-state index < -0.39 is 0 Å². The van der Waals surface area contributed by atoms with E-state index >= 15 is 0 Å². The molecule has 2 rings (SSSR count). The van der Waals surface area contributed by atoms with Gasteiger partial charge in [-0.15, -0.1) is 12.3 Å². The Morgan fingerprint density at radius 3 is 2.27 bits per heavy atom. The van der Waals surface area contributed by atoms with Crippen molar-refractivity contribution in [2.75, 3.05) is 21.3 Å². The van der Waals surface area contributed by atoms with E-state index in [-0.39, 0.29) is 18.0 Å². The first kappa shape index (κ1) is 16.0. The van der Waals surface area contributed by atoms with Gasteiger partial charge in [0.05, 0.1) is 21.3 Å². The van der Waals surface area contributed by atoms with E-state index in [9.17, 15) is 4.79 Å². The second-order valence-electron chi connectivity index (χ2n) is 5.01. The highest BCUT2D eigenvalue weighted by atomic mass is 16.6. The van der Waals surface area contributed by atoms with Crippen molar-refractivity contribution in [3.05, 3.63) is 17.7 Å². The number of hydrogen-bond donors (Lipinski definition) is 0. The molecule has 1 saturated heterocycles. The van der Waals surface area contributed by atoms with Crippen LogP contribution in [0.1, 0.15) is 30.7 Å². The Kier molecular flexibility index (Phi) is 5.16. The van der Waals surface area contributed by atoms with Crippen molar-refractivity contribution < 1.29 is 23.7 Å². The minimum atomic E-state index is -0.313. The molecule has 1 heterocycles. The molecule has 2 unspecified atom stereocenters. The Labute approximate surface area is 130 Å². The first-order chi connectivity index (χ1) is 10.7. The highest BCUT2D eigenvalue weighted by Crippen LogP contribution is 2.44. The Hall–Kier alpha value is -2.35. The first-order valence-corrected chi connectivity index (χ1v) is 7.10. The maximum atomic E-state index is 11.9. The Balaban J connectivity index is 2.27. The average molecular weight is 304 g/mol. The average Bonchev–Trinajstić information content (AvgIpc) is 2.52. The monoisotopic (exact) mass is 304 g/mol. The van der Waals surface area contributed by atoms with Crippen molar-refractivity contribution in [1.82, 2.24) is 0 Å². The number of cyclic esters (lactones) is 1. The summed E-state index contributed by atoms with van der Waals surface area (Å²) in [7, 11) is 4.63.